The van der Waals surface area contributed by atoms with E-state index in [-0.39, 0.29) is 11.3 Å². The lowest BCUT2D eigenvalue weighted by Crippen LogP contribution is -2.42. The molecule has 1 aliphatic heterocycles. The molecule has 0 fully saturated rings. The number of esters is 1. The molecule has 0 bridgehead atoms. The van der Waals surface area contributed by atoms with Gasteiger partial charge in [0.1, 0.15) is 6.04 Å². The topological polar surface area (TPSA) is 94.9 Å². The summed E-state index contributed by atoms with van der Waals surface area (Å²) in [5, 5.41) is 0.625. The zero-order chi connectivity index (χ0) is 25.5. The summed E-state index contributed by atoms with van der Waals surface area (Å²) in [5.41, 5.74) is 2.34. The lowest BCUT2D eigenvalue weighted by Gasteiger charge is -2.26. The maximum atomic E-state index is 13.6. The fraction of sp³-hybridized carbons (Fsp3) is 0.280. The number of aromatic nitrogens is 1. The molecule has 2 heterocycles. The highest BCUT2D eigenvalue weighted by molar-refractivity contribution is 14.1. The summed E-state index contributed by atoms with van der Waals surface area (Å²) in [6.45, 7) is 5.32. The summed E-state index contributed by atoms with van der Waals surface area (Å²) < 4.78 is 39.6. The highest BCUT2D eigenvalue weighted by Gasteiger charge is 2.43. The van der Waals surface area contributed by atoms with Crippen LogP contribution < -0.4 is 0 Å². The Kier molecular flexibility index (Phi) is 6.96. The van der Waals surface area contributed by atoms with Crippen molar-refractivity contribution in [1.29, 1.82) is 0 Å². The van der Waals surface area contributed by atoms with Gasteiger partial charge >= 0.3 is 12.1 Å². The zero-order valence-electron chi connectivity index (χ0n) is 19.7. The second-order valence-electron chi connectivity index (χ2n) is 8.47. The Balaban J connectivity index is 1.92. The third-order valence-electron chi connectivity index (χ3n) is 5.70. The van der Waals surface area contributed by atoms with E-state index >= 15 is 0 Å². The van der Waals surface area contributed by atoms with E-state index in [0.29, 0.717) is 25.7 Å². The van der Waals surface area contributed by atoms with Gasteiger partial charge in [0, 0.05) is 27.1 Å². The quantitative estimate of drug-likeness (QED) is 0.296. The zero-order valence-corrected chi connectivity index (χ0v) is 22.7. The van der Waals surface area contributed by atoms with Crippen LogP contribution >= 0.6 is 22.6 Å². The number of hydrogen-bond donors (Lipinski definition) is 0. The van der Waals surface area contributed by atoms with Crippen LogP contribution in [0.4, 0.5) is 4.79 Å². The van der Waals surface area contributed by atoms with E-state index in [0.717, 1.165) is 5.56 Å². The van der Waals surface area contributed by atoms with Gasteiger partial charge in [-0.05, 0) is 61.6 Å². The fourth-order valence-corrected chi connectivity index (χ4v) is 6.42. The molecule has 0 aliphatic carbocycles. The molecule has 8 nitrogen and oxygen atoms in total. The van der Waals surface area contributed by atoms with Crippen molar-refractivity contribution in [1.82, 2.24) is 8.87 Å². The number of aryl methyl sites for hydroxylation is 1. The van der Waals surface area contributed by atoms with E-state index in [9.17, 15) is 18.0 Å². The maximum Gasteiger partial charge on any atom is 0.415 e. The monoisotopic (exact) mass is 608 g/mol. The number of benzene rings is 2. The van der Waals surface area contributed by atoms with E-state index in [1.165, 1.54) is 22.2 Å². The number of ether oxygens (including phenoxy) is 2. The van der Waals surface area contributed by atoms with Crippen molar-refractivity contribution in [2.24, 2.45) is 0 Å². The minimum absolute atomic E-state index is 0.147. The fourth-order valence-electron chi connectivity index (χ4n) is 4.08. The van der Waals surface area contributed by atoms with Crippen molar-refractivity contribution in [2.75, 3.05) is 7.11 Å². The molecule has 0 saturated carbocycles. The molecule has 1 aliphatic rings. The second-order valence-corrected chi connectivity index (χ2v) is 11.6. The van der Waals surface area contributed by atoms with Gasteiger partial charge in [-0.1, -0.05) is 35.9 Å². The van der Waals surface area contributed by atoms with Crippen molar-refractivity contribution < 1.29 is 27.5 Å². The summed E-state index contributed by atoms with van der Waals surface area (Å²) >= 11 is 2.09. The van der Waals surface area contributed by atoms with Gasteiger partial charge in [-0.2, -0.15) is 0 Å². The average molecular weight is 608 g/mol. The van der Waals surface area contributed by atoms with Crippen molar-refractivity contribution in [3.8, 4) is 0 Å². The standard InChI is InChI=1S/C25H25IN2O6S/c1-15(2)34-25(30)28-22(24(29)33-4)13-20(26)23(28)19-14-27(21-8-6-5-7-18(19)21)35(31,32)17-11-9-16(3)10-12-17/h5-12,14-15,22H,13H2,1-4H3/t22-/m0/s1. The van der Waals surface area contributed by atoms with E-state index < -0.39 is 34.2 Å². The van der Waals surface area contributed by atoms with E-state index in [1.807, 2.05) is 6.92 Å². The van der Waals surface area contributed by atoms with Crippen LogP contribution in [-0.4, -0.2) is 48.6 Å². The minimum Gasteiger partial charge on any atom is -0.467 e. The number of nitrogens with zero attached hydrogens (tertiary/aromatic N) is 2. The van der Waals surface area contributed by atoms with Gasteiger partial charge in [0.15, 0.2) is 0 Å². The summed E-state index contributed by atoms with van der Waals surface area (Å²) in [6.07, 6.45) is 0.627. The average Bonchev–Trinajstić information content (AvgIpc) is 3.36. The molecule has 1 aromatic heterocycles. The van der Waals surface area contributed by atoms with Gasteiger partial charge in [0.25, 0.3) is 10.0 Å². The molecule has 1 atom stereocenters. The number of fused-ring (bicyclic) bond motifs is 1. The number of carbonyl (C=O) groups excluding carboxylic acids is 2. The third-order valence-corrected chi connectivity index (χ3v) is 8.34. The molecule has 35 heavy (non-hydrogen) atoms. The first-order valence-corrected chi connectivity index (χ1v) is 13.5. The Morgan fingerprint density at radius 2 is 1.74 bits per heavy atom. The molecule has 10 heteroatoms. The molecule has 0 saturated heterocycles. The number of amides is 1. The van der Waals surface area contributed by atoms with E-state index in [1.54, 1.807) is 62.4 Å². The van der Waals surface area contributed by atoms with Gasteiger partial charge < -0.3 is 9.47 Å². The van der Waals surface area contributed by atoms with Crippen LogP contribution in [0.1, 0.15) is 31.4 Å². The van der Waals surface area contributed by atoms with Crippen LogP contribution in [0.2, 0.25) is 0 Å². The number of rotatable bonds is 5. The lowest BCUT2D eigenvalue weighted by molar-refractivity contribution is -0.144. The Morgan fingerprint density at radius 1 is 1.09 bits per heavy atom. The Hall–Kier alpha value is -2.86. The molecular formula is C25H25IN2O6S. The first kappa shape index (κ1) is 25.2. The highest BCUT2D eigenvalue weighted by atomic mass is 127. The Morgan fingerprint density at radius 3 is 2.37 bits per heavy atom. The molecule has 4 rings (SSSR count). The van der Waals surface area contributed by atoms with Crippen LogP contribution in [0.25, 0.3) is 16.6 Å². The minimum atomic E-state index is -3.93. The number of carbonyl (C=O) groups is 2. The molecular weight excluding hydrogens is 583 g/mol. The summed E-state index contributed by atoms with van der Waals surface area (Å²) in [6, 6.07) is 12.8. The van der Waals surface area contributed by atoms with Crippen LogP contribution in [0.3, 0.4) is 0 Å². The third kappa shape index (κ3) is 4.56. The van der Waals surface area contributed by atoms with Crippen LogP contribution in [0.5, 0.6) is 0 Å². The largest absolute Gasteiger partial charge is 0.467 e. The van der Waals surface area contributed by atoms with Crippen LogP contribution in [0, 0.1) is 6.92 Å². The molecule has 0 radical (unpaired) electrons. The van der Waals surface area contributed by atoms with Crippen LogP contribution in [-0.2, 0) is 24.3 Å². The molecule has 0 N–H and O–H groups in total. The van der Waals surface area contributed by atoms with E-state index in [2.05, 4.69) is 22.6 Å². The lowest BCUT2D eigenvalue weighted by atomic mass is 10.1. The number of methoxy groups -OCH3 is 1. The summed E-state index contributed by atoms with van der Waals surface area (Å²) in [7, 11) is -2.67. The number of para-hydroxylation sites is 1. The predicted octanol–water partition coefficient (Wildman–Crippen LogP) is 5.08. The number of halogens is 1. The van der Waals surface area contributed by atoms with Crippen molar-refractivity contribution in [3.05, 3.63) is 69.4 Å². The Labute approximate surface area is 217 Å². The van der Waals surface area contributed by atoms with E-state index in [4.69, 9.17) is 9.47 Å². The van der Waals surface area contributed by atoms with Crippen molar-refractivity contribution in [2.45, 2.75) is 44.2 Å². The number of hydrogen-bond acceptors (Lipinski definition) is 6. The van der Waals surface area contributed by atoms with Crippen molar-refractivity contribution in [3.63, 3.8) is 0 Å². The SMILES string of the molecule is COC(=O)[C@@H]1CC(I)=C(c2cn(S(=O)(=O)c3ccc(C)cc3)c3ccccc23)N1C(=O)OC(C)C. The first-order valence-electron chi connectivity index (χ1n) is 10.9. The van der Waals surface area contributed by atoms with Gasteiger partial charge in [-0.3, -0.25) is 4.90 Å². The molecule has 0 spiro atoms. The maximum absolute atomic E-state index is 13.6. The molecule has 2 aromatic carbocycles. The summed E-state index contributed by atoms with van der Waals surface area (Å²) in [5.74, 6) is -0.578. The summed E-state index contributed by atoms with van der Waals surface area (Å²) in [4.78, 5) is 27.1. The van der Waals surface area contributed by atoms with Crippen LogP contribution in [0.15, 0.2) is 63.2 Å². The van der Waals surface area contributed by atoms with Gasteiger partial charge in [-0.25, -0.2) is 22.0 Å². The van der Waals surface area contributed by atoms with Gasteiger partial charge in [0.05, 0.1) is 29.3 Å². The normalized spacial score (nSPS) is 16.3. The molecule has 1 amide bonds. The van der Waals surface area contributed by atoms with Gasteiger partial charge in [0.2, 0.25) is 0 Å². The first-order chi connectivity index (χ1) is 16.6. The molecule has 184 valence electrons. The second kappa shape index (κ2) is 9.65. The van der Waals surface area contributed by atoms with Crippen molar-refractivity contribution >= 4 is 61.3 Å². The Bertz CT molecular complexity index is 1440. The van der Waals surface area contributed by atoms with Gasteiger partial charge in [-0.15, -0.1) is 0 Å². The predicted molar refractivity (Wildman–Crippen MR) is 141 cm³/mol. The highest BCUT2D eigenvalue weighted by Crippen LogP contribution is 2.43. The molecule has 3 aromatic rings. The smallest absolute Gasteiger partial charge is 0.415 e. The molecule has 0 unspecified atom stereocenters.